The summed E-state index contributed by atoms with van der Waals surface area (Å²) in [5.74, 6) is 1.68. The Labute approximate surface area is 210 Å². The third kappa shape index (κ3) is 3.61. The molecule has 1 unspecified atom stereocenters. The van der Waals surface area contributed by atoms with Crippen LogP contribution in [0.25, 0.3) is 0 Å². The van der Waals surface area contributed by atoms with Crippen molar-refractivity contribution in [2.45, 2.75) is 88.3 Å². The number of hydrogen-bond acceptors (Lipinski definition) is 5. The van der Waals surface area contributed by atoms with Gasteiger partial charge in [-0.3, -0.25) is 0 Å². The molecule has 10 heteroatoms. The quantitative estimate of drug-likeness (QED) is 0.419. The molecule has 4 aliphatic carbocycles. The molecule has 2 N–H and O–H groups in total. The number of halogens is 4. The monoisotopic (exact) mass is 555 g/mol. The fraction of sp³-hybridized carbons (Fsp3) is 0.640. The van der Waals surface area contributed by atoms with Crippen LogP contribution in [0.15, 0.2) is 33.3 Å². The van der Waals surface area contributed by atoms with Gasteiger partial charge in [0.05, 0.1) is 0 Å². The minimum atomic E-state index is -4.67. The van der Waals surface area contributed by atoms with E-state index in [1.807, 2.05) is 0 Å². The van der Waals surface area contributed by atoms with Crippen molar-refractivity contribution in [2.75, 3.05) is 0 Å². The van der Waals surface area contributed by atoms with Crippen LogP contribution >= 0.6 is 15.9 Å². The zero-order valence-corrected chi connectivity index (χ0v) is 21.3. The Balaban J connectivity index is 1.61. The van der Waals surface area contributed by atoms with Gasteiger partial charge in [0.2, 0.25) is 5.89 Å². The summed E-state index contributed by atoms with van der Waals surface area (Å²) in [6.45, 7) is 2.23. The van der Waals surface area contributed by atoms with E-state index in [9.17, 15) is 18.0 Å². The summed E-state index contributed by atoms with van der Waals surface area (Å²) in [4.78, 5) is 17.0. The third-order valence-electron chi connectivity index (χ3n) is 8.90. The second-order valence-electron chi connectivity index (χ2n) is 11.0. The number of hydrogen-bond donors (Lipinski definition) is 1. The molecule has 2 aromatic rings. The second kappa shape index (κ2) is 7.95. The maximum Gasteiger partial charge on any atom is 0.405 e. The summed E-state index contributed by atoms with van der Waals surface area (Å²) in [6.07, 6.45) is -0.819. The first-order valence-electron chi connectivity index (χ1n) is 12.0. The predicted molar refractivity (Wildman–Crippen MR) is 124 cm³/mol. The number of aromatic nitrogens is 2. The molecule has 1 atom stereocenters. The fourth-order valence-corrected chi connectivity index (χ4v) is 7.07. The topological polar surface area (TPSA) is 91.2 Å². The Hall–Kier alpha value is -2.10. The van der Waals surface area contributed by atoms with Crippen molar-refractivity contribution in [1.29, 1.82) is 0 Å². The number of amides is 1. The largest absolute Gasteiger partial charge is 0.437 e. The van der Waals surface area contributed by atoms with Gasteiger partial charge in [0.1, 0.15) is 5.41 Å². The van der Waals surface area contributed by atoms with Crippen molar-refractivity contribution >= 4 is 22.0 Å². The number of alkyl halides is 3. The van der Waals surface area contributed by atoms with Crippen LogP contribution in [0.4, 0.5) is 18.0 Å². The van der Waals surface area contributed by atoms with E-state index >= 15 is 0 Å². The molecule has 190 valence electrons. The van der Waals surface area contributed by atoms with E-state index in [4.69, 9.17) is 15.0 Å². The van der Waals surface area contributed by atoms with Crippen LogP contribution in [-0.2, 0) is 15.8 Å². The van der Waals surface area contributed by atoms with Crippen LogP contribution in [0.1, 0.15) is 88.4 Å². The van der Waals surface area contributed by atoms with E-state index in [1.165, 1.54) is 0 Å². The lowest BCUT2D eigenvalue weighted by molar-refractivity contribution is -0.314. The Morgan fingerprint density at radius 1 is 1.14 bits per heavy atom. The van der Waals surface area contributed by atoms with Crippen LogP contribution in [0, 0.1) is 10.8 Å². The zero-order valence-electron chi connectivity index (χ0n) is 19.8. The second-order valence-corrected chi connectivity index (χ2v) is 11.9. The lowest BCUT2D eigenvalue weighted by Crippen LogP contribution is -2.66. The van der Waals surface area contributed by atoms with Crippen molar-refractivity contribution in [2.24, 2.45) is 16.6 Å². The van der Waals surface area contributed by atoms with Crippen molar-refractivity contribution in [3.8, 4) is 0 Å². The third-order valence-corrected chi connectivity index (χ3v) is 9.40. The van der Waals surface area contributed by atoms with E-state index in [2.05, 4.69) is 26.1 Å². The van der Waals surface area contributed by atoms with E-state index < -0.39 is 28.7 Å². The minimum absolute atomic E-state index is 0.288. The number of nitrogens with two attached hydrogens (primary N) is 1. The lowest BCUT2D eigenvalue weighted by atomic mass is 9.43. The van der Waals surface area contributed by atoms with Crippen LogP contribution in [0.2, 0.25) is 0 Å². The molecule has 1 heterocycles. The van der Waals surface area contributed by atoms with Gasteiger partial charge in [-0.05, 0) is 82.9 Å². The van der Waals surface area contributed by atoms with Gasteiger partial charge in [0, 0.05) is 21.2 Å². The minimum Gasteiger partial charge on any atom is -0.437 e. The first kappa shape index (κ1) is 24.6. The van der Waals surface area contributed by atoms with Gasteiger partial charge in [-0.1, -0.05) is 33.2 Å². The van der Waals surface area contributed by atoms with Crippen molar-refractivity contribution in [3.63, 3.8) is 0 Å². The molecule has 1 amide bonds. The fourth-order valence-electron chi connectivity index (χ4n) is 6.67. The van der Waals surface area contributed by atoms with E-state index in [0.29, 0.717) is 54.8 Å². The number of fused-ring (bicyclic) bond motifs is 3. The molecule has 4 saturated carbocycles. The smallest absolute Gasteiger partial charge is 0.405 e. The van der Waals surface area contributed by atoms with Crippen LogP contribution in [0.5, 0.6) is 0 Å². The van der Waals surface area contributed by atoms with E-state index in [1.54, 1.807) is 24.3 Å². The number of ether oxygens (including phenoxy) is 1. The van der Waals surface area contributed by atoms with Gasteiger partial charge in [-0.25, -0.2) is 4.79 Å². The maximum absolute atomic E-state index is 14.8. The van der Waals surface area contributed by atoms with Crippen LogP contribution < -0.4 is 5.73 Å². The first-order valence-corrected chi connectivity index (χ1v) is 12.8. The standard InChI is InChI=1S/C25H29BrF3N3O3/c1-21(2,25(27,28)29)24(34-20(30)33,16-4-3-5-17(26)14-16)23-11-8-22(9-12-23,10-13-23)19-31-18(32-35-19)15-6-7-15/h3-5,14-15H,6-13H2,1-2H3,(H2,30,33). The zero-order chi connectivity index (χ0) is 25.3. The number of nitrogens with zero attached hydrogens (tertiary/aromatic N) is 2. The van der Waals surface area contributed by atoms with Gasteiger partial charge in [0.15, 0.2) is 11.4 Å². The van der Waals surface area contributed by atoms with Crippen molar-refractivity contribution < 1.29 is 27.2 Å². The lowest BCUT2D eigenvalue weighted by Gasteiger charge is -2.63. The molecule has 0 spiro atoms. The van der Waals surface area contributed by atoms with Crippen LogP contribution in [-0.4, -0.2) is 22.4 Å². The van der Waals surface area contributed by atoms with Crippen LogP contribution in [0.3, 0.4) is 0 Å². The summed E-state index contributed by atoms with van der Waals surface area (Å²) in [5, 5.41) is 4.17. The summed E-state index contributed by atoms with van der Waals surface area (Å²) < 4.78 is 56.4. The highest BCUT2D eigenvalue weighted by Crippen LogP contribution is 2.71. The summed E-state index contributed by atoms with van der Waals surface area (Å²) >= 11 is 3.39. The maximum atomic E-state index is 14.8. The molecule has 4 fully saturated rings. The average Bonchev–Trinajstić information content (AvgIpc) is 3.53. The summed E-state index contributed by atoms with van der Waals surface area (Å²) in [7, 11) is 0. The van der Waals surface area contributed by atoms with Crippen molar-refractivity contribution in [1.82, 2.24) is 10.1 Å². The molecular weight excluding hydrogens is 527 g/mol. The highest BCUT2D eigenvalue weighted by molar-refractivity contribution is 9.10. The molecule has 2 bridgehead atoms. The number of primary amides is 1. The summed E-state index contributed by atoms with van der Waals surface area (Å²) in [5.41, 5.74) is 0.0260. The molecule has 6 rings (SSSR count). The number of rotatable bonds is 6. The molecule has 0 radical (unpaired) electrons. The normalized spacial score (nSPS) is 28.5. The molecule has 0 aliphatic heterocycles. The molecule has 6 nitrogen and oxygen atoms in total. The van der Waals surface area contributed by atoms with Gasteiger partial charge < -0.3 is 15.0 Å². The van der Waals surface area contributed by atoms with Gasteiger partial charge >= 0.3 is 12.3 Å². The molecular formula is C25H29BrF3N3O3. The van der Waals surface area contributed by atoms with E-state index in [-0.39, 0.29) is 11.0 Å². The van der Waals surface area contributed by atoms with Gasteiger partial charge in [-0.2, -0.15) is 18.2 Å². The Morgan fingerprint density at radius 2 is 1.77 bits per heavy atom. The predicted octanol–water partition coefficient (Wildman–Crippen LogP) is 6.88. The molecule has 1 aromatic heterocycles. The first-order chi connectivity index (χ1) is 16.4. The van der Waals surface area contributed by atoms with Gasteiger partial charge in [0.25, 0.3) is 0 Å². The molecule has 0 saturated heterocycles. The number of carbonyl (C=O) groups excluding carboxylic acids is 1. The Bertz CT molecular complexity index is 1120. The average molecular weight is 556 g/mol. The highest BCUT2D eigenvalue weighted by Gasteiger charge is 2.73. The Morgan fingerprint density at radius 3 is 2.29 bits per heavy atom. The molecule has 4 aliphatic rings. The van der Waals surface area contributed by atoms with Crippen molar-refractivity contribution in [3.05, 3.63) is 46.0 Å². The molecule has 35 heavy (non-hydrogen) atoms. The van der Waals surface area contributed by atoms with Gasteiger partial charge in [-0.15, -0.1) is 0 Å². The SMILES string of the molecule is CC(C)(C(F)(F)F)C(OC(N)=O)(c1cccc(Br)c1)C12CCC(c3nc(C4CC4)no3)(CC1)CC2. The number of carbonyl (C=O) groups is 1. The number of benzene rings is 1. The Kier molecular flexibility index (Phi) is 5.58. The van der Waals surface area contributed by atoms with E-state index in [0.717, 1.165) is 32.5 Å². The molecule has 1 aromatic carbocycles. The summed E-state index contributed by atoms with van der Waals surface area (Å²) in [6, 6.07) is 6.61. The highest BCUT2D eigenvalue weighted by atomic mass is 79.9.